The largest absolute Gasteiger partial charge is 0.369 e. The van der Waals surface area contributed by atoms with Gasteiger partial charge in [0, 0.05) is 38.1 Å². The van der Waals surface area contributed by atoms with Crippen molar-refractivity contribution in [2.24, 2.45) is 11.7 Å². The van der Waals surface area contributed by atoms with Gasteiger partial charge < -0.3 is 16.0 Å². The molecule has 2 saturated heterocycles. The maximum atomic E-state index is 11.1. The van der Waals surface area contributed by atoms with E-state index in [2.05, 4.69) is 22.2 Å². The second kappa shape index (κ2) is 5.80. The lowest BCUT2D eigenvalue weighted by molar-refractivity contribution is -0.123. The summed E-state index contributed by atoms with van der Waals surface area (Å²) in [5.74, 6) is -0.0189. The van der Waals surface area contributed by atoms with E-state index in [1.807, 2.05) is 0 Å². The maximum Gasteiger partial charge on any atom is 0.220 e. The van der Waals surface area contributed by atoms with Gasteiger partial charge in [0.05, 0.1) is 0 Å². The van der Waals surface area contributed by atoms with Crippen molar-refractivity contribution in [1.82, 2.24) is 15.1 Å². The molecule has 0 aromatic rings. The van der Waals surface area contributed by atoms with E-state index in [-0.39, 0.29) is 11.8 Å². The summed E-state index contributed by atoms with van der Waals surface area (Å²) in [6.07, 6.45) is 1.86. The van der Waals surface area contributed by atoms with Crippen LogP contribution in [0.2, 0.25) is 0 Å². The molecule has 0 aromatic heterocycles. The van der Waals surface area contributed by atoms with Gasteiger partial charge in [-0.1, -0.05) is 0 Å². The highest BCUT2D eigenvalue weighted by Crippen LogP contribution is 2.17. The number of carbonyl (C=O) groups excluding carboxylic acids is 1. The Labute approximate surface area is 103 Å². The van der Waals surface area contributed by atoms with Crippen molar-refractivity contribution in [3.8, 4) is 0 Å². The standard InChI is InChI=1S/C12H24N4O/c1-15-7-4-14-8-11(15)9-16-5-2-10(3-6-16)12(13)17/h10-11,14H,2-9H2,1H3,(H2,13,17)/t11-/m0/s1. The molecular formula is C12H24N4O. The normalized spacial score (nSPS) is 29.4. The van der Waals surface area contributed by atoms with Crippen LogP contribution in [0.15, 0.2) is 0 Å². The Morgan fingerprint density at radius 3 is 2.65 bits per heavy atom. The summed E-state index contributed by atoms with van der Waals surface area (Å²) in [5.41, 5.74) is 5.34. The number of piperazine rings is 1. The molecule has 0 saturated carbocycles. The van der Waals surface area contributed by atoms with E-state index in [0.717, 1.165) is 52.1 Å². The van der Waals surface area contributed by atoms with Crippen LogP contribution in [-0.2, 0) is 4.79 Å². The van der Waals surface area contributed by atoms with Crippen LogP contribution >= 0.6 is 0 Å². The number of piperidine rings is 1. The Balaban J connectivity index is 1.75. The van der Waals surface area contributed by atoms with Gasteiger partial charge in [0.1, 0.15) is 0 Å². The SMILES string of the molecule is CN1CCNC[C@H]1CN1CCC(C(N)=O)CC1. The third kappa shape index (κ3) is 3.40. The number of nitrogens with two attached hydrogens (primary N) is 1. The fourth-order valence-corrected chi connectivity index (χ4v) is 2.76. The summed E-state index contributed by atoms with van der Waals surface area (Å²) in [4.78, 5) is 16.0. The predicted molar refractivity (Wildman–Crippen MR) is 67.6 cm³/mol. The fraction of sp³-hybridized carbons (Fsp3) is 0.917. The van der Waals surface area contributed by atoms with Crippen LogP contribution in [0.1, 0.15) is 12.8 Å². The van der Waals surface area contributed by atoms with Gasteiger partial charge in [-0.05, 0) is 33.0 Å². The number of carbonyl (C=O) groups is 1. The third-order valence-electron chi connectivity index (χ3n) is 4.10. The zero-order valence-corrected chi connectivity index (χ0v) is 10.7. The monoisotopic (exact) mass is 240 g/mol. The zero-order valence-electron chi connectivity index (χ0n) is 10.7. The van der Waals surface area contributed by atoms with E-state index in [4.69, 9.17) is 5.73 Å². The van der Waals surface area contributed by atoms with Gasteiger partial charge in [0.25, 0.3) is 0 Å². The van der Waals surface area contributed by atoms with Crippen molar-refractivity contribution in [1.29, 1.82) is 0 Å². The highest BCUT2D eigenvalue weighted by atomic mass is 16.1. The van der Waals surface area contributed by atoms with E-state index in [1.54, 1.807) is 0 Å². The minimum absolute atomic E-state index is 0.105. The van der Waals surface area contributed by atoms with Crippen molar-refractivity contribution in [2.45, 2.75) is 18.9 Å². The molecule has 2 rings (SSSR count). The first-order valence-electron chi connectivity index (χ1n) is 6.59. The van der Waals surface area contributed by atoms with Gasteiger partial charge in [-0.3, -0.25) is 9.69 Å². The molecule has 2 aliphatic heterocycles. The Bertz CT molecular complexity index is 263. The predicted octanol–water partition coefficient (Wildman–Crippen LogP) is -0.913. The fourth-order valence-electron chi connectivity index (χ4n) is 2.76. The van der Waals surface area contributed by atoms with Crippen molar-refractivity contribution in [3.63, 3.8) is 0 Å². The molecule has 5 nitrogen and oxygen atoms in total. The highest BCUT2D eigenvalue weighted by molar-refractivity contribution is 5.76. The molecule has 1 atom stereocenters. The Hall–Kier alpha value is -0.650. The lowest BCUT2D eigenvalue weighted by Gasteiger charge is -2.38. The van der Waals surface area contributed by atoms with Crippen molar-refractivity contribution < 1.29 is 4.79 Å². The lowest BCUT2D eigenvalue weighted by Crippen LogP contribution is -2.55. The number of likely N-dealkylation sites (tertiary alicyclic amines) is 1. The van der Waals surface area contributed by atoms with E-state index in [1.165, 1.54) is 0 Å². The van der Waals surface area contributed by atoms with Gasteiger partial charge in [-0.25, -0.2) is 0 Å². The Morgan fingerprint density at radius 2 is 2.06 bits per heavy atom. The van der Waals surface area contributed by atoms with Crippen LogP contribution in [0.25, 0.3) is 0 Å². The van der Waals surface area contributed by atoms with Crippen LogP contribution in [0.5, 0.6) is 0 Å². The van der Waals surface area contributed by atoms with Gasteiger partial charge in [0.2, 0.25) is 5.91 Å². The smallest absolute Gasteiger partial charge is 0.220 e. The number of nitrogens with one attached hydrogen (secondary N) is 1. The van der Waals surface area contributed by atoms with Gasteiger partial charge in [-0.2, -0.15) is 0 Å². The van der Waals surface area contributed by atoms with E-state index < -0.39 is 0 Å². The van der Waals surface area contributed by atoms with E-state index >= 15 is 0 Å². The van der Waals surface area contributed by atoms with Crippen molar-refractivity contribution in [3.05, 3.63) is 0 Å². The van der Waals surface area contributed by atoms with Crippen LogP contribution in [-0.4, -0.2) is 68.1 Å². The first-order valence-corrected chi connectivity index (χ1v) is 6.59. The van der Waals surface area contributed by atoms with Crippen LogP contribution in [0, 0.1) is 5.92 Å². The summed E-state index contributed by atoms with van der Waals surface area (Å²) in [6.45, 7) is 6.43. The van der Waals surface area contributed by atoms with Gasteiger partial charge >= 0.3 is 0 Å². The molecule has 3 N–H and O–H groups in total. The molecule has 98 valence electrons. The number of nitrogens with zero attached hydrogens (tertiary/aromatic N) is 2. The second-order valence-electron chi connectivity index (χ2n) is 5.32. The average molecular weight is 240 g/mol. The molecule has 5 heteroatoms. The first-order chi connectivity index (χ1) is 8.16. The maximum absolute atomic E-state index is 11.1. The molecule has 0 spiro atoms. The molecular weight excluding hydrogens is 216 g/mol. The van der Waals surface area contributed by atoms with Crippen molar-refractivity contribution in [2.75, 3.05) is 46.3 Å². The number of amides is 1. The van der Waals surface area contributed by atoms with Crippen LogP contribution in [0.4, 0.5) is 0 Å². The molecule has 0 aromatic carbocycles. The van der Waals surface area contributed by atoms with Crippen LogP contribution in [0.3, 0.4) is 0 Å². The summed E-state index contributed by atoms with van der Waals surface area (Å²) in [7, 11) is 2.20. The summed E-state index contributed by atoms with van der Waals surface area (Å²) < 4.78 is 0. The summed E-state index contributed by atoms with van der Waals surface area (Å²) in [6, 6.07) is 0.605. The minimum atomic E-state index is -0.124. The number of hydrogen-bond acceptors (Lipinski definition) is 4. The molecule has 0 bridgehead atoms. The zero-order chi connectivity index (χ0) is 12.3. The molecule has 1 amide bonds. The number of rotatable bonds is 3. The second-order valence-corrected chi connectivity index (χ2v) is 5.32. The molecule has 2 fully saturated rings. The van der Waals surface area contributed by atoms with Crippen molar-refractivity contribution >= 4 is 5.91 Å². The highest BCUT2D eigenvalue weighted by Gasteiger charge is 2.26. The van der Waals surface area contributed by atoms with Crippen LogP contribution < -0.4 is 11.1 Å². The number of primary amides is 1. The Morgan fingerprint density at radius 1 is 1.35 bits per heavy atom. The molecule has 0 radical (unpaired) electrons. The number of hydrogen-bond donors (Lipinski definition) is 2. The van der Waals surface area contributed by atoms with Gasteiger partial charge in [0.15, 0.2) is 0 Å². The number of likely N-dealkylation sites (N-methyl/N-ethyl adjacent to an activating group) is 1. The lowest BCUT2D eigenvalue weighted by atomic mass is 9.96. The molecule has 0 unspecified atom stereocenters. The average Bonchev–Trinajstić information content (AvgIpc) is 2.33. The molecule has 2 heterocycles. The Kier molecular flexibility index (Phi) is 4.36. The summed E-state index contributed by atoms with van der Waals surface area (Å²) in [5, 5.41) is 3.44. The third-order valence-corrected chi connectivity index (χ3v) is 4.10. The topological polar surface area (TPSA) is 61.6 Å². The first kappa shape index (κ1) is 12.8. The van der Waals surface area contributed by atoms with E-state index in [0.29, 0.717) is 6.04 Å². The quantitative estimate of drug-likeness (QED) is 0.670. The van der Waals surface area contributed by atoms with Gasteiger partial charge in [-0.15, -0.1) is 0 Å². The molecule has 0 aliphatic carbocycles. The molecule has 17 heavy (non-hydrogen) atoms. The molecule has 2 aliphatic rings. The minimum Gasteiger partial charge on any atom is -0.369 e. The summed E-state index contributed by atoms with van der Waals surface area (Å²) >= 11 is 0. The van der Waals surface area contributed by atoms with E-state index in [9.17, 15) is 4.79 Å².